The molecule has 774 valence electrons. The summed E-state index contributed by atoms with van der Waals surface area (Å²) in [5, 5.41) is 76.8. The number of nitrogens with zero attached hydrogens (tertiary/aromatic N) is 12. The predicted molar refractivity (Wildman–Crippen MR) is 506 cm³/mol. The van der Waals surface area contributed by atoms with Crippen molar-refractivity contribution < 1.29 is 98.8 Å². The highest BCUT2D eigenvalue weighted by molar-refractivity contribution is 5.97. The van der Waals surface area contributed by atoms with Crippen LogP contribution in [0.5, 0.6) is 5.75 Å². The Labute approximate surface area is 815 Å². The molecule has 0 bridgehead atoms. The summed E-state index contributed by atoms with van der Waals surface area (Å²) < 4.78 is 83.1. The number of carbonyl (C=O) groups excluding carboxylic acids is 12. The zero-order valence-corrected chi connectivity index (χ0v) is 83.5. The minimum absolute atomic E-state index is 0.0219. The largest absolute Gasteiger partial charge is 0.484 e. The molecule has 15 rings (SSSR count). The maximum atomic E-state index is 13.0. The van der Waals surface area contributed by atoms with E-state index in [1.165, 1.54) is 16.7 Å². The summed E-state index contributed by atoms with van der Waals surface area (Å²) in [5.41, 5.74) is 1.41. The molecule has 7 atom stereocenters. The van der Waals surface area contributed by atoms with E-state index in [1.54, 1.807) is 62.1 Å². The highest BCUT2D eigenvalue weighted by Gasteiger charge is 2.69. The molecule has 0 radical (unpaired) electrons. The number of hydrogen-bond acceptors (Lipinski definition) is 21. The van der Waals surface area contributed by atoms with Crippen molar-refractivity contribution in [2.75, 3.05) is 85.1 Å². The number of para-hydroxylation sites is 1. The summed E-state index contributed by atoms with van der Waals surface area (Å²) >= 11 is 0. The lowest BCUT2D eigenvalue weighted by molar-refractivity contribution is -0.211. The number of carbonyl (C=O) groups is 12. The van der Waals surface area contributed by atoms with Gasteiger partial charge in [-0.3, -0.25) is 88.1 Å². The lowest BCUT2D eigenvalue weighted by atomic mass is 9.91. The Balaban J connectivity index is 0.000000174. The Morgan fingerprint density at radius 3 is 0.887 bits per heavy atom. The Hall–Kier alpha value is -12.6. The average molecular weight is 1980 g/mol. The van der Waals surface area contributed by atoms with E-state index in [9.17, 15) is 94.1 Å². The SMILES string of the molecule is CC(C)c1cc(C(=O)N2CCC(NC(=O)C(C)(C)C(F)(F)F)C2)n[nH]1.CC(C)c1cc(C(=O)N2CCC(NC(=O)C(C)(C)C)C2)n[nH]1.CC(C)c1cc(C(=O)N2CCC(NC(=O)C3(C(F)(F)F)CC3)C2)n[nH]1.CC(C)c1cc(C(=O)N2CCC(NC(=O)C3(O)CC3)C2)n[nH]1.CC(C)c1cc(C(=O)N2CCC(NC(=O)COc3ccccc3)C2)n[nH]1.CC(O)C(=O)NC1CCN(C(=O)c2cc(C(C)C)[nH]n2)C1. The van der Waals surface area contributed by atoms with Gasteiger partial charge in [0.2, 0.25) is 23.6 Å². The maximum Gasteiger partial charge on any atom is 0.403 e. The third-order valence-corrected chi connectivity index (χ3v) is 25.9. The van der Waals surface area contributed by atoms with Crippen molar-refractivity contribution in [2.24, 2.45) is 16.2 Å². The normalized spacial score (nSPS) is 19.8. The first-order valence-corrected chi connectivity index (χ1v) is 48.2. The van der Waals surface area contributed by atoms with Crippen LogP contribution in [0.3, 0.4) is 0 Å². The zero-order chi connectivity index (χ0) is 104. The number of halogens is 6. The van der Waals surface area contributed by atoms with Crippen molar-refractivity contribution in [3.8, 4) is 5.75 Å². The summed E-state index contributed by atoms with van der Waals surface area (Å²) in [6, 6.07) is 18.5. The smallest absolute Gasteiger partial charge is 0.403 e. The molecule has 6 aromatic heterocycles. The minimum atomic E-state index is -4.63. The van der Waals surface area contributed by atoms with Gasteiger partial charge in [0.1, 0.15) is 62.4 Å². The fourth-order valence-electron chi connectivity index (χ4n) is 15.7. The lowest BCUT2D eigenvalue weighted by Crippen LogP contribution is -2.50. The number of aromatic amines is 6. The molecule has 8 aliphatic rings. The molecule has 45 heteroatoms. The molecule has 141 heavy (non-hydrogen) atoms. The van der Waals surface area contributed by atoms with Crippen LogP contribution in [-0.2, 0) is 28.8 Å². The van der Waals surface area contributed by atoms with Crippen LogP contribution in [0, 0.1) is 16.2 Å². The number of H-pyrrole nitrogens is 6. The van der Waals surface area contributed by atoms with Crippen LogP contribution < -0.4 is 36.6 Å². The number of aliphatic hydroxyl groups is 2. The number of aromatic nitrogens is 12. The van der Waals surface area contributed by atoms with Crippen LogP contribution >= 0.6 is 0 Å². The van der Waals surface area contributed by atoms with Gasteiger partial charge in [0.05, 0.1) is 0 Å². The van der Waals surface area contributed by atoms with Gasteiger partial charge in [0, 0.05) is 154 Å². The fourth-order valence-corrected chi connectivity index (χ4v) is 15.7. The summed E-state index contributed by atoms with van der Waals surface area (Å²) in [5.74, 6) is -1.70. The molecular formula is C96H138F6N24O15. The molecule has 39 nitrogen and oxygen atoms in total. The van der Waals surface area contributed by atoms with E-state index in [0.29, 0.717) is 150 Å². The van der Waals surface area contributed by atoms with Crippen molar-refractivity contribution in [1.29, 1.82) is 0 Å². The number of likely N-dealkylation sites (tertiary alicyclic amines) is 6. The van der Waals surface area contributed by atoms with Crippen LogP contribution in [0.1, 0.15) is 321 Å². The van der Waals surface area contributed by atoms with Crippen molar-refractivity contribution in [3.05, 3.63) is 135 Å². The monoisotopic (exact) mass is 1980 g/mol. The highest BCUT2D eigenvalue weighted by atomic mass is 19.4. The third-order valence-electron chi connectivity index (χ3n) is 25.9. The molecule has 14 N–H and O–H groups in total. The Morgan fingerprint density at radius 2 is 0.645 bits per heavy atom. The van der Waals surface area contributed by atoms with Crippen molar-refractivity contribution in [3.63, 3.8) is 0 Å². The van der Waals surface area contributed by atoms with Crippen LogP contribution in [0.25, 0.3) is 0 Å². The summed E-state index contributed by atoms with van der Waals surface area (Å²) in [7, 11) is 0. The summed E-state index contributed by atoms with van der Waals surface area (Å²) in [6.07, 6.45) is -5.71. The van der Waals surface area contributed by atoms with Gasteiger partial charge in [-0.1, -0.05) is 122 Å². The molecule has 8 fully saturated rings. The highest BCUT2D eigenvalue weighted by Crippen LogP contribution is 2.58. The van der Waals surface area contributed by atoms with Gasteiger partial charge < -0.3 is 76.3 Å². The van der Waals surface area contributed by atoms with Crippen LogP contribution in [0.2, 0.25) is 0 Å². The number of rotatable bonds is 25. The summed E-state index contributed by atoms with van der Waals surface area (Å²) in [4.78, 5) is 156. The van der Waals surface area contributed by atoms with E-state index in [-0.39, 0.29) is 139 Å². The topological polar surface area (TPSA) is 518 Å². The second-order valence-corrected chi connectivity index (χ2v) is 40.8. The fraction of sp³-hybridized carbons (Fsp3) is 0.625. The average Bonchev–Trinajstić information content (AvgIpc) is 1.58. The molecule has 6 aliphatic heterocycles. The minimum Gasteiger partial charge on any atom is -0.484 e. The molecular weight excluding hydrogens is 1840 g/mol. The molecule has 7 unspecified atom stereocenters. The lowest BCUT2D eigenvalue weighted by Gasteiger charge is -2.28. The van der Waals surface area contributed by atoms with E-state index in [4.69, 9.17) is 4.74 Å². The second-order valence-electron chi connectivity index (χ2n) is 40.8. The van der Waals surface area contributed by atoms with E-state index in [2.05, 4.69) is 107 Å². The summed E-state index contributed by atoms with van der Waals surface area (Å²) in [6.45, 7) is 38.4. The molecule has 12 heterocycles. The van der Waals surface area contributed by atoms with Crippen LogP contribution in [0.15, 0.2) is 66.7 Å². The number of ether oxygens (including phenoxy) is 1. The molecule has 12 amide bonds. The number of hydrogen-bond donors (Lipinski definition) is 14. The van der Waals surface area contributed by atoms with Gasteiger partial charge >= 0.3 is 12.4 Å². The molecule has 0 spiro atoms. The third kappa shape index (κ3) is 29.6. The maximum absolute atomic E-state index is 13.0. The Kier molecular flexibility index (Phi) is 36.7. The first kappa shape index (κ1) is 110. The van der Waals surface area contributed by atoms with Gasteiger partial charge in [-0.15, -0.1) is 0 Å². The Morgan fingerprint density at radius 1 is 0.383 bits per heavy atom. The molecule has 2 saturated carbocycles. The van der Waals surface area contributed by atoms with E-state index >= 15 is 0 Å². The standard InChI is InChI=1S/C19H24N4O3.C16H21F3N4O2.C16H23F3N4O2.C16H26N4O2.C15H22N4O3.C14H22N4O3/c1-13(2)16-10-17(22-21-16)19(25)23-9-8-14(11-23)20-18(24)12-26-15-6-4-3-5-7-15;1-9(2)11-7-12(22-21-11)13(24)23-6-3-10(8-23)20-14(25)15(4-5-15)16(17,18)19;1-9(2)11-7-12(22-21-11)13(24)23-6-5-10(8-23)20-14(25)15(3,4)16(17,18)19;1-10(2)12-8-13(19-18-12)14(21)20-7-6-11(9-20)17-15(22)16(3,4)5;1-9(2)11-7-12(18-17-11)13(20)19-6-3-10(8-19)16-14(21)15(22)4-5-15;1-8(2)11-6-12(17-16-11)14(21)18-5-4-10(7-18)15-13(20)9(3)19/h3-7,10,13-14H,8-9,11-12H2,1-2H3,(H,20,24)(H,21,22);7,9-10H,3-6,8H2,1-2H3,(H,20,25)(H,21,22);7,9-10H,5-6,8H2,1-4H3,(H,20,25)(H,21,22);8,10-11H,6-7,9H2,1-5H3,(H,17,22)(H,18,19);7,9-10,22H,3-6,8H2,1-2H3,(H,16,21)(H,17,18);6,8-10,19H,4-5,7H2,1-3H3,(H,15,20)(H,16,17). The number of benzene rings is 1. The second kappa shape index (κ2) is 46.9. The first-order valence-electron chi connectivity index (χ1n) is 48.2. The molecule has 1 aromatic carbocycles. The first-order chi connectivity index (χ1) is 66.0. The van der Waals surface area contributed by atoms with Crippen molar-refractivity contribution >= 4 is 70.9 Å². The van der Waals surface area contributed by atoms with Gasteiger partial charge in [-0.05, 0) is 169 Å². The van der Waals surface area contributed by atoms with Gasteiger partial charge in [0.15, 0.2) is 6.61 Å². The number of alkyl halides is 6. The van der Waals surface area contributed by atoms with Crippen molar-refractivity contribution in [2.45, 2.75) is 285 Å². The van der Waals surface area contributed by atoms with E-state index < -0.39 is 70.1 Å². The molecule has 2 aliphatic carbocycles. The quantitative estimate of drug-likeness (QED) is 0.0237. The zero-order valence-electron chi connectivity index (χ0n) is 83.5. The van der Waals surface area contributed by atoms with Crippen LogP contribution in [-0.4, -0.2) is 317 Å². The number of aliphatic hydroxyl groups excluding tert-OH is 1. The molecule has 7 aromatic rings. The Bertz CT molecular complexity index is 5270. The van der Waals surface area contributed by atoms with E-state index in [0.717, 1.165) is 60.9 Å². The van der Waals surface area contributed by atoms with Gasteiger partial charge in [-0.25, -0.2) is 0 Å². The number of nitrogens with one attached hydrogen (secondary N) is 12. The van der Waals surface area contributed by atoms with E-state index in [1.807, 2.05) is 114 Å². The van der Waals surface area contributed by atoms with Gasteiger partial charge in [0.25, 0.3) is 47.3 Å². The molecule has 6 saturated heterocycles. The van der Waals surface area contributed by atoms with Gasteiger partial charge in [-0.2, -0.15) is 56.9 Å². The van der Waals surface area contributed by atoms with Crippen molar-refractivity contribution in [1.82, 2.24) is 122 Å². The number of amides is 12. The predicted octanol–water partition coefficient (Wildman–Crippen LogP) is 9.14. The van der Waals surface area contributed by atoms with Crippen LogP contribution in [0.4, 0.5) is 26.3 Å².